The van der Waals surface area contributed by atoms with Crippen LogP contribution < -0.4 is 4.74 Å². The smallest absolute Gasteiger partial charge is 0.120 e. The van der Waals surface area contributed by atoms with Crippen molar-refractivity contribution in [3.63, 3.8) is 0 Å². The largest absolute Gasteiger partial charge is 0.489 e. The van der Waals surface area contributed by atoms with Gasteiger partial charge in [-0.15, -0.1) is 9.60 Å². The molecule has 0 N–H and O–H groups in total. The van der Waals surface area contributed by atoms with Crippen molar-refractivity contribution in [3.05, 3.63) is 65.7 Å². The first-order valence-corrected chi connectivity index (χ1v) is 9.60. The van der Waals surface area contributed by atoms with Crippen LogP contribution in [0.2, 0.25) is 0 Å². The third kappa shape index (κ3) is 6.11. The number of benzene rings is 2. The van der Waals surface area contributed by atoms with Crippen LogP contribution in [0.1, 0.15) is 43.9 Å². The van der Waals surface area contributed by atoms with Crippen molar-refractivity contribution < 1.29 is 9.22 Å². The Labute approximate surface area is 157 Å². The summed E-state index contributed by atoms with van der Waals surface area (Å²) in [4.78, 5) is 2.33. The maximum Gasteiger partial charge on any atom is 0.120 e. The normalized spacial score (nSPS) is 15.4. The molecule has 0 saturated carbocycles. The van der Waals surface area contributed by atoms with E-state index in [0.717, 1.165) is 41.6 Å². The lowest BCUT2D eigenvalue weighted by Crippen LogP contribution is -2.31. The van der Waals surface area contributed by atoms with Crippen LogP contribution in [0.25, 0.3) is 0 Å². The zero-order valence-corrected chi connectivity index (χ0v) is 16.2. The van der Waals surface area contributed by atoms with Crippen LogP contribution in [0, 0.1) is 0 Å². The maximum absolute atomic E-state index is 14.1. The van der Waals surface area contributed by atoms with E-state index in [2.05, 4.69) is 4.90 Å². The minimum absolute atomic E-state index is 0.261. The number of likely N-dealkylation sites (tertiary alicyclic amines) is 1. The van der Waals surface area contributed by atoms with Gasteiger partial charge in [-0.2, -0.15) is 0 Å². The standard InChI is InChI=1S/C20H25FN2O.C2H6/c1-22(21)20(15-23-12-5-6-13-23)18-10-7-11-19(14-18)24-16-17-8-3-2-4-9-17;1-2/h2-4,7-11,14,20H,5-6,12-13,15-16H2,1H3;1-2H3/t20-;/m1./s1. The van der Waals surface area contributed by atoms with Crippen molar-refractivity contribution in [2.75, 3.05) is 26.7 Å². The molecule has 1 atom stereocenters. The SMILES string of the molecule is CC.CN(F)[C@H](CN1CCCC1)c1cccc(OCc2ccccc2)c1. The molecular formula is C22H31FN2O. The zero-order chi connectivity index (χ0) is 18.8. The van der Waals surface area contributed by atoms with Gasteiger partial charge in [-0.25, -0.2) is 0 Å². The zero-order valence-electron chi connectivity index (χ0n) is 16.2. The van der Waals surface area contributed by atoms with Crippen molar-refractivity contribution in [1.82, 2.24) is 10.0 Å². The van der Waals surface area contributed by atoms with Crippen molar-refractivity contribution in [2.24, 2.45) is 0 Å². The molecule has 142 valence electrons. The molecular weight excluding hydrogens is 327 g/mol. The topological polar surface area (TPSA) is 15.7 Å². The molecule has 0 radical (unpaired) electrons. The number of rotatable bonds is 7. The minimum atomic E-state index is -0.261. The van der Waals surface area contributed by atoms with Gasteiger partial charge in [0.15, 0.2) is 0 Å². The van der Waals surface area contributed by atoms with Crippen LogP contribution in [0.3, 0.4) is 0 Å². The van der Waals surface area contributed by atoms with E-state index in [4.69, 9.17) is 4.74 Å². The molecule has 0 unspecified atom stereocenters. The summed E-state index contributed by atoms with van der Waals surface area (Å²) in [6, 6.07) is 17.6. The van der Waals surface area contributed by atoms with Gasteiger partial charge in [0.25, 0.3) is 0 Å². The number of hydrogen-bond donors (Lipinski definition) is 0. The molecule has 1 aliphatic heterocycles. The van der Waals surface area contributed by atoms with E-state index in [1.54, 1.807) is 0 Å². The second-order valence-corrected chi connectivity index (χ2v) is 6.40. The average Bonchev–Trinajstić information content (AvgIpc) is 3.20. The lowest BCUT2D eigenvalue weighted by molar-refractivity contribution is -0.00550. The Morgan fingerprint density at radius 1 is 1.04 bits per heavy atom. The Balaban J connectivity index is 0.00000117. The number of halogens is 1. The maximum atomic E-state index is 14.1. The highest BCUT2D eigenvalue weighted by atomic mass is 19.2. The Bertz CT molecular complexity index is 627. The minimum Gasteiger partial charge on any atom is -0.489 e. The Morgan fingerprint density at radius 3 is 2.38 bits per heavy atom. The van der Waals surface area contributed by atoms with Crippen LogP contribution in [0.4, 0.5) is 4.48 Å². The van der Waals surface area contributed by atoms with E-state index >= 15 is 0 Å². The van der Waals surface area contributed by atoms with Crippen molar-refractivity contribution in [1.29, 1.82) is 0 Å². The quantitative estimate of drug-likeness (QED) is 0.629. The number of ether oxygens (including phenoxy) is 1. The summed E-state index contributed by atoms with van der Waals surface area (Å²) in [5, 5.41) is 0.814. The molecule has 2 aromatic carbocycles. The molecule has 1 aliphatic rings. The molecule has 0 aliphatic carbocycles. The molecule has 26 heavy (non-hydrogen) atoms. The van der Waals surface area contributed by atoms with Gasteiger partial charge in [0.2, 0.25) is 0 Å². The molecule has 0 aromatic heterocycles. The van der Waals surface area contributed by atoms with Crippen LogP contribution in [-0.4, -0.2) is 36.7 Å². The first-order chi connectivity index (χ1) is 12.7. The van der Waals surface area contributed by atoms with Crippen LogP contribution in [-0.2, 0) is 6.61 Å². The fourth-order valence-corrected chi connectivity index (χ4v) is 3.19. The first kappa shape index (κ1) is 20.4. The van der Waals surface area contributed by atoms with E-state index < -0.39 is 0 Å². The first-order valence-electron chi connectivity index (χ1n) is 9.60. The summed E-state index contributed by atoms with van der Waals surface area (Å²) in [6.07, 6.45) is 2.42. The van der Waals surface area contributed by atoms with Gasteiger partial charge in [0.05, 0.1) is 6.04 Å². The monoisotopic (exact) mass is 358 g/mol. The Kier molecular flexibility index (Phi) is 8.59. The molecule has 1 saturated heterocycles. The van der Waals surface area contributed by atoms with E-state index in [0.29, 0.717) is 6.61 Å². The van der Waals surface area contributed by atoms with Gasteiger partial charge in [-0.05, 0) is 49.2 Å². The second kappa shape index (κ2) is 10.9. The van der Waals surface area contributed by atoms with Gasteiger partial charge in [0.1, 0.15) is 12.4 Å². The average molecular weight is 359 g/mol. The van der Waals surface area contributed by atoms with E-state index in [9.17, 15) is 4.48 Å². The fraction of sp³-hybridized carbons (Fsp3) is 0.455. The van der Waals surface area contributed by atoms with Crippen LogP contribution in [0.15, 0.2) is 54.6 Å². The third-order valence-corrected chi connectivity index (χ3v) is 4.55. The van der Waals surface area contributed by atoms with E-state index in [1.165, 1.54) is 19.9 Å². The van der Waals surface area contributed by atoms with Crippen molar-refractivity contribution in [2.45, 2.75) is 39.3 Å². The molecule has 3 rings (SSSR count). The summed E-state index contributed by atoms with van der Waals surface area (Å²) in [5.41, 5.74) is 2.08. The molecule has 2 aromatic rings. The van der Waals surface area contributed by atoms with Crippen molar-refractivity contribution in [3.8, 4) is 5.75 Å². The van der Waals surface area contributed by atoms with Gasteiger partial charge < -0.3 is 9.64 Å². The third-order valence-electron chi connectivity index (χ3n) is 4.55. The van der Waals surface area contributed by atoms with Gasteiger partial charge in [0, 0.05) is 13.6 Å². The van der Waals surface area contributed by atoms with Crippen molar-refractivity contribution >= 4 is 0 Å². The summed E-state index contributed by atoms with van der Waals surface area (Å²) in [6.45, 7) is 7.37. The summed E-state index contributed by atoms with van der Waals surface area (Å²) >= 11 is 0. The fourth-order valence-electron chi connectivity index (χ4n) is 3.19. The van der Waals surface area contributed by atoms with E-state index in [-0.39, 0.29) is 6.04 Å². The molecule has 1 heterocycles. The molecule has 3 nitrogen and oxygen atoms in total. The van der Waals surface area contributed by atoms with E-state index in [1.807, 2.05) is 68.4 Å². The Hall–Kier alpha value is -1.91. The molecule has 1 fully saturated rings. The molecule has 0 bridgehead atoms. The van der Waals surface area contributed by atoms with Crippen LogP contribution >= 0.6 is 0 Å². The number of likely N-dealkylation sites (N-methyl/N-ethyl adjacent to an activating group) is 1. The molecule has 0 spiro atoms. The number of nitrogens with zero attached hydrogens (tertiary/aromatic N) is 2. The number of hydrogen-bond acceptors (Lipinski definition) is 3. The lowest BCUT2D eigenvalue weighted by Gasteiger charge is -2.26. The predicted octanol–water partition coefficient (Wildman–Crippen LogP) is 5.25. The summed E-state index contributed by atoms with van der Waals surface area (Å²) in [5.74, 6) is 0.782. The highest BCUT2D eigenvalue weighted by Crippen LogP contribution is 2.26. The predicted molar refractivity (Wildman–Crippen MR) is 106 cm³/mol. The van der Waals surface area contributed by atoms with Gasteiger partial charge in [-0.3, -0.25) is 0 Å². The van der Waals surface area contributed by atoms with Gasteiger partial charge in [-0.1, -0.05) is 56.3 Å². The highest BCUT2D eigenvalue weighted by molar-refractivity contribution is 5.31. The van der Waals surface area contributed by atoms with Crippen LogP contribution in [0.5, 0.6) is 5.75 Å². The summed E-state index contributed by atoms with van der Waals surface area (Å²) < 4.78 is 19.9. The van der Waals surface area contributed by atoms with Gasteiger partial charge >= 0.3 is 0 Å². The second-order valence-electron chi connectivity index (χ2n) is 6.40. The molecule has 0 amide bonds. The molecule has 4 heteroatoms. The Morgan fingerprint density at radius 2 is 1.73 bits per heavy atom. The highest BCUT2D eigenvalue weighted by Gasteiger charge is 2.23. The summed E-state index contributed by atoms with van der Waals surface area (Å²) in [7, 11) is 1.50. The lowest BCUT2D eigenvalue weighted by atomic mass is 10.1.